The fourth-order valence-electron chi connectivity index (χ4n) is 9.77. The third-order valence-electron chi connectivity index (χ3n) is 6.94. The molecular weight excluding hydrogens is 317 g/mol. The summed E-state index contributed by atoms with van der Waals surface area (Å²) in [5, 5.41) is 0. The van der Waals surface area contributed by atoms with Gasteiger partial charge in [-0.15, -0.1) is 0 Å². The Bertz CT molecular complexity index is 543. The fourth-order valence-corrected chi connectivity index (χ4v) is 106. The van der Waals surface area contributed by atoms with Crippen molar-refractivity contribution in [2.45, 2.75) is 76.7 Å². The Hall–Kier alpha value is 0.784. The van der Waals surface area contributed by atoms with Gasteiger partial charge in [0.15, 0.2) is 0 Å². The Kier molecular flexibility index (Phi) is 3.10. The maximum absolute atomic E-state index is 4.35. The Balaban J connectivity index is 3.89. The molecule has 0 heterocycles. The third-order valence-corrected chi connectivity index (χ3v) is 57.8. The summed E-state index contributed by atoms with van der Waals surface area (Å²) in [5.74, 6) is 0. The molecule has 0 saturated carbocycles. The maximum atomic E-state index is 2.79. The first kappa shape index (κ1) is 19.8. The van der Waals surface area contributed by atoms with E-state index in [1.807, 2.05) is 0 Å². The van der Waals surface area contributed by atoms with Gasteiger partial charge < -0.3 is 0 Å². The van der Waals surface area contributed by atoms with E-state index in [9.17, 15) is 0 Å². The molecule has 0 amide bonds. The van der Waals surface area contributed by atoms with Crippen LogP contribution in [0.2, 0.25) is 70.3 Å². The van der Waals surface area contributed by atoms with Gasteiger partial charge in [0, 0.05) is 0 Å². The average molecular weight is 360 g/mol. The minimum absolute atomic E-state index is 1.19. The van der Waals surface area contributed by atoms with Gasteiger partial charge >= 0.3 is 129 Å². The number of hydrogen-bond acceptors (Lipinski definition) is 0. The Labute approximate surface area is 128 Å². The molecule has 3 heteroatoms. The molecule has 0 saturated heterocycles. The molecule has 0 N–H and O–H groups in total. The van der Waals surface area contributed by atoms with Crippen LogP contribution in [-0.4, -0.2) is 16.1 Å². The zero-order valence-electron chi connectivity index (χ0n) is 16.9. The van der Waals surface area contributed by atoms with Gasteiger partial charge in [-0.05, 0) is 0 Å². The summed E-state index contributed by atoms with van der Waals surface area (Å²) in [4.78, 5) is 0. The van der Waals surface area contributed by atoms with Crippen molar-refractivity contribution in [1.82, 2.24) is 0 Å². The first-order chi connectivity index (χ1) is 8.50. The van der Waals surface area contributed by atoms with Crippen LogP contribution in [0.25, 0.3) is 0 Å². The summed E-state index contributed by atoms with van der Waals surface area (Å²) in [7, 11) is -2.44. The van der Waals surface area contributed by atoms with Crippen molar-refractivity contribution < 1.29 is 14.1 Å². The summed E-state index contributed by atoms with van der Waals surface area (Å²) < 4.78 is 18.7. The first-order valence-corrected chi connectivity index (χ1v) is 29.3. The summed E-state index contributed by atoms with van der Waals surface area (Å²) in [5.41, 5.74) is 0. The second-order valence-corrected chi connectivity index (χ2v) is 72.4. The van der Waals surface area contributed by atoms with E-state index in [2.05, 4.69) is 80.9 Å². The third kappa shape index (κ3) is 4.20. The molecule has 0 spiro atoms. The Morgan fingerprint density at radius 2 is 1.19 bits per heavy atom. The van der Waals surface area contributed by atoms with Crippen LogP contribution < -0.4 is 0 Å². The summed E-state index contributed by atoms with van der Waals surface area (Å²) in [6, 6.07) is 0. The van der Waals surface area contributed by atoms with E-state index in [0.717, 1.165) is 0 Å². The molecule has 0 aliphatic heterocycles. The number of allylic oxidation sites excluding steroid dienone is 4. The molecule has 125 valence electrons. The van der Waals surface area contributed by atoms with Crippen molar-refractivity contribution in [1.29, 1.82) is 0 Å². The van der Waals surface area contributed by atoms with Gasteiger partial charge in [-0.2, -0.15) is 0 Å². The minimum atomic E-state index is -4.35. The van der Waals surface area contributed by atoms with E-state index < -0.39 is 30.2 Å². The molecule has 0 nitrogen and oxygen atoms in total. The number of hydrogen-bond donors (Lipinski definition) is 0. The van der Waals surface area contributed by atoms with Gasteiger partial charge in [0.25, 0.3) is 0 Å². The average Bonchev–Trinajstić information content (AvgIpc) is 2.39. The second-order valence-electron chi connectivity index (χ2n) is 18.9. The molecule has 0 atom stereocenters. The molecular formula is C18H42ScSi2. The van der Waals surface area contributed by atoms with Crippen LogP contribution in [0.5, 0.6) is 0 Å². The second kappa shape index (κ2) is 3.28. The van der Waals surface area contributed by atoms with E-state index in [1.54, 1.807) is 3.33 Å². The van der Waals surface area contributed by atoms with Crippen LogP contribution in [-0.2, 0) is 14.1 Å². The molecule has 0 radical (unpaired) electrons. The summed E-state index contributed by atoms with van der Waals surface area (Å²) >= 11 is -4.35. The van der Waals surface area contributed by atoms with Crippen molar-refractivity contribution in [2.75, 3.05) is 0 Å². The van der Waals surface area contributed by atoms with Crippen LogP contribution >= 0.6 is 0 Å². The van der Waals surface area contributed by atoms with Gasteiger partial charge in [-0.1, -0.05) is 0 Å². The first-order valence-electron chi connectivity index (χ1n) is 9.42. The molecule has 0 aromatic carbocycles. The van der Waals surface area contributed by atoms with Gasteiger partial charge in [0.2, 0.25) is 0 Å². The SMILES string of the molecule is C[Si](C)(C)[CH2][Sc]([CH3])([CH3])([CH3])([CH3])([CH3])([CH2][Si](C)(C)C)[C]1=CC=CC1. The van der Waals surface area contributed by atoms with E-state index in [0.29, 0.717) is 0 Å². The molecule has 1 aliphatic rings. The summed E-state index contributed by atoms with van der Waals surface area (Å²) in [6.07, 6.45) is 8.40. The van der Waals surface area contributed by atoms with Crippen molar-refractivity contribution in [3.8, 4) is 0 Å². The fraction of sp³-hybridized carbons (Fsp3) is 0.778. The number of rotatable bonds is 5. The van der Waals surface area contributed by atoms with Gasteiger partial charge in [-0.25, -0.2) is 0 Å². The predicted octanol–water partition coefficient (Wildman–Crippen LogP) is 7.96. The quantitative estimate of drug-likeness (QED) is 0.437. The van der Waals surface area contributed by atoms with E-state index in [1.165, 1.54) is 14.0 Å². The molecule has 0 aromatic rings. The van der Waals surface area contributed by atoms with Gasteiger partial charge in [-0.3, -0.25) is 0 Å². The van der Waals surface area contributed by atoms with E-state index in [-0.39, 0.29) is 0 Å². The standard InChI is InChI=1S/C5H5.2C4H11Si.5CH3.Sc/c1-2-4-5-3-1;2*1-5(2,3)4;;;;;;/h1-3H,4H2;2*1H2,2-4H3;5*1H3;. The summed E-state index contributed by atoms with van der Waals surface area (Å²) in [6.45, 7) is 15.5. The topological polar surface area (TPSA) is 0 Å². The Morgan fingerprint density at radius 1 is 0.810 bits per heavy atom. The predicted molar refractivity (Wildman–Crippen MR) is 107 cm³/mol. The normalized spacial score (nSPS) is 24.6. The zero-order chi connectivity index (χ0) is 17.2. The van der Waals surface area contributed by atoms with E-state index in [4.69, 9.17) is 0 Å². The van der Waals surface area contributed by atoms with Crippen molar-refractivity contribution >= 4 is 16.1 Å². The van der Waals surface area contributed by atoms with Gasteiger partial charge in [0.1, 0.15) is 0 Å². The molecule has 1 rings (SSSR count). The van der Waals surface area contributed by atoms with Crippen LogP contribution in [0.3, 0.4) is 0 Å². The molecule has 0 bridgehead atoms. The van der Waals surface area contributed by atoms with Crippen molar-refractivity contribution in [3.63, 3.8) is 0 Å². The molecule has 0 unspecified atom stereocenters. The van der Waals surface area contributed by atoms with Crippen molar-refractivity contribution in [3.05, 3.63) is 21.6 Å². The van der Waals surface area contributed by atoms with Crippen LogP contribution in [0.1, 0.15) is 6.42 Å². The molecule has 21 heavy (non-hydrogen) atoms. The van der Waals surface area contributed by atoms with Gasteiger partial charge in [0.05, 0.1) is 0 Å². The molecule has 1 aliphatic carbocycles. The molecule has 0 fully saturated rings. The van der Waals surface area contributed by atoms with E-state index >= 15 is 0 Å². The molecule has 0 aromatic heterocycles. The van der Waals surface area contributed by atoms with Crippen LogP contribution in [0.15, 0.2) is 21.6 Å². The van der Waals surface area contributed by atoms with Crippen LogP contribution in [0.4, 0.5) is 0 Å². The Morgan fingerprint density at radius 3 is 1.43 bits per heavy atom. The monoisotopic (exact) mass is 359 g/mol. The van der Waals surface area contributed by atoms with Crippen LogP contribution in [0, 0.1) is 0 Å². The zero-order valence-corrected chi connectivity index (χ0v) is 20.7. The van der Waals surface area contributed by atoms with Crippen molar-refractivity contribution in [2.24, 2.45) is 0 Å².